The average Bonchev–Trinajstić information content (AvgIpc) is 3.89. The summed E-state index contributed by atoms with van der Waals surface area (Å²) in [4.78, 5) is 12.1. The first-order valence-corrected chi connectivity index (χ1v) is 16.6. The third-order valence-corrected chi connectivity index (χ3v) is 9.23. The molecule has 10 aromatic rings. The summed E-state index contributed by atoms with van der Waals surface area (Å²) in [5.41, 5.74) is 11.2. The Kier molecular flexibility index (Phi) is 6.39. The van der Waals surface area contributed by atoms with Gasteiger partial charge in [0, 0.05) is 44.6 Å². The fraction of sp³-hybridized carbons (Fsp3) is 0. The molecule has 0 N–H and O–H groups in total. The van der Waals surface area contributed by atoms with Crippen molar-refractivity contribution < 1.29 is 8.83 Å². The highest BCUT2D eigenvalue weighted by Gasteiger charge is 2.18. The lowest BCUT2D eigenvalue weighted by molar-refractivity contribution is 0.618. The Morgan fingerprint density at radius 2 is 0.960 bits per heavy atom. The number of rotatable bonds is 6. The van der Waals surface area contributed by atoms with Crippen LogP contribution >= 0.6 is 0 Å². The Morgan fingerprint density at radius 1 is 0.420 bits per heavy atom. The molecule has 3 aromatic heterocycles. The van der Waals surface area contributed by atoms with Crippen LogP contribution in [0.25, 0.3) is 72.6 Å². The number of hydrogen-bond donors (Lipinski definition) is 0. The largest absolute Gasteiger partial charge is 0.436 e. The zero-order valence-electron chi connectivity index (χ0n) is 26.8. The molecule has 0 aliphatic rings. The van der Waals surface area contributed by atoms with Crippen LogP contribution in [0.3, 0.4) is 0 Å². The smallest absolute Gasteiger partial charge is 0.227 e. The first kappa shape index (κ1) is 28.1. The van der Waals surface area contributed by atoms with Crippen LogP contribution in [0, 0.1) is 0 Å². The Hall–Kier alpha value is -6.92. The summed E-state index contributed by atoms with van der Waals surface area (Å²) in [7, 11) is 0. The van der Waals surface area contributed by atoms with Gasteiger partial charge >= 0.3 is 0 Å². The standard InChI is InChI=1S/C44H28N4O2/c1-4-12-31(13-5-1)47(32-14-6-2-7-15-32)34-22-25-42-38(28-34)46-44(50-42)30-21-24-41-37(27-30)45-43(49-41)29-20-23-40-36(26-29)35-18-10-11-19-39(35)48(40)33-16-8-3-9-17-33/h1-28H. The van der Waals surface area contributed by atoms with Gasteiger partial charge in [0.1, 0.15) is 11.0 Å². The lowest BCUT2D eigenvalue weighted by atomic mass is 10.1. The first-order valence-electron chi connectivity index (χ1n) is 16.6. The number of hydrogen-bond acceptors (Lipinski definition) is 5. The van der Waals surface area contributed by atoms with Crippen molar-refractivity contribution in [3.63, 3.8) is 0 Å². The Morgan fingerprint density at radius 3 is 1.66 bits per heavy atom. The molecule has 236 valence electrons. The average molecular weight is 645 g/mol. The molecule has 0 aliphatic heterocycles. The van der Waals surface area contributed by atoms with Crippen molar-refractivity contribution in [3.05, 3.63) is 170 Å². The number of anilines is 3. The van der Waals surface area contributed by atoms with Crippen LogP contribution < -0.4 is 4.90 Å². The molecule has 0 bridgehead atoms. The zero-order valence-corrected chi connectivity index (χ0v) is 26.8. The number of nitrogens with zero attached hydrogens (tertiary/aromatic N) is 4. The van der Waals surface area contributed by atoms with E-state index in [-0.39, 0.29) is 0 Å². The summed E-state index contributed by atoms with van der Waals surface area (Å²) in [6.45, 7) is 0. The molecule has 0 saturated heterocycles. The van der Waals surface area contributed by atoms with Crippen LogP contribution in [-0.2, 0) is 0 Å². The third kappa shape index (κ3) is 4.65. The highest BCUT2D eigenvalue weighted by molar-refractivity contribution is 6.10. The zero-order chi connectivity index (χ0) is 33.0. The van der Waals surface area contributed by atoms with E-state index < -0.39 is 0 Å². The predicted octanol–water partition coefficient (Wildman–Crippen LogP) is 11.9. The van der Waals surface area contributed by atoms with Gasteiger partial charge in [0.25, 0.3) is 0 Å². The molecule has 0 saturated carbocycles. The molecule has 10 rings (SSSR count). The van der Waals surface area contributed by atoms with Crippen LogP contribution in [0.2, 0.25) is 0 Å². The fourth-order valence-corrected chi connectivity index (χ4v) is 6.92. The van der Waals surface area contributed by atoms with Crippen molar-refractivity contribution in [2.75, 3.05) is 4.90 Å². The van der Waals surface area contributed by atoms with Gasteiger partial charge in [-0.05, 0) is 97.1 Å². The van der Waals surface area contributed by atoms with Crippen molar-refractivity contribution >= 4 is 61.1 Å². The molecule has 0 aliphatic carbocycles. The van der Waals surface area contributed by atoms with Crippen LogP contribution in [0.5, 0.6) is 0 Å². The van der Waals surface area contributed by atoms with Crippen LogP contribution in [-0.4, -0.2) is 14.5 Å². The quantitative estimate of drug-likeness (QED) is 0.180. The number of para-hydroxylation sites is 4. The first-order chi connectivity index (χ1) is 24.8. The number of benzene rings is 7. The van der Waals surface area contributed by atoms with Crippen LogP contribution in [0.15, 0.2) is 179 Å². The van der Waals surface area contributed by atoms with E-state index >= 15 is 0 Å². The van der Waals surface area contributed by atoms with Gasteiger partial charge in [0.05, 0.1) is 11.0 Å². The third-order valence-electron chi connectivity index (χ3n) is 9.23. The van der Waals surface area contributed by atoms with Crippen molar-refractivity contribution in [3.8, 4) is 28.6 Å². The molecule has 0 radical (unpaired) electrons. The second kappa shape index (κ2) is 11.4. The molecule has 50 heavy (non-hydrogen) atoms. The monoisotopic (exact) mass is 644 g/mol. The molecule has 3 heterocycles. The summed E-state index contributed by atoms with van der Waals surface area (Å²) >= 11 is 0. The SMILES string of the molecule is c1ccc(N(c2ccccc2)c2ccc3oc(-c4ccc5oc(-c6ccc7c(c6)c6ccccc6n7-c6ccccc6)nc5c4)nc3c2)cc1. The van der Waals surface area contributed by atoms with Crippen LogP contribution in [0.4, 0.5) is 17.1 Å². The Labute approximate surface area is 287 Å². The summed E-state index contributed by atoms with van der Waals surface area (Å²) in [5.74, 6) is 1.10. The van der Waals surface area contributed by atoms with E-state index in [1.807, 2.05) is 66.7 Å². The topological polar surface area (TPSA) is 60.2 Å². The van der Waals surface area contributed by atoms with Gasteiger partial charge < -0.3 is 18.3 Å². The summed E-state index contributed by atoms with van der Waals surface area (Å²) in [6, 6.07) is 58.0. The molecule has 0 amide bonds. The van der Waals surface area contributed by atoms with Gasteiger partial charge in [-0.15, -0.1) is 0 Å². The van der Waals surface area contributed by atoms with E-state index in [1.54, 1.807) is 0 Å². The lowest BCUT2D eigenvalue weighted by Crippen LogP contribution is -2.09. The van der Waals surface area contributed by atoms with Crippen molar-refractivity contribution in [1.82, 2.24) is 14.5 Å². The Balaban J connectivity index is 1.02. The van der Waals surface area contributed by atoms with E-state index in [2.05, 4.69) is 113 Å². The molecule has 6 nitrogen and oxygen atoms in total. The number of aromatic nitrogens is 3. The van der Waals surface area contributed by atoms with E-state index in [4.69, 9.17) is 18.8 Å². The maximum absolute atomic E-state index is 6.31. The predicted molar refractivity (Wildman–Crippen MR) is 201 cm³/mol. The van der Waals surface area contributed by atoms with Gasteiger partial charge in [-0.1, -0.05) is 72.8 Å². The molecule has 0 spiro atoms. The summed E-state index contributed by atoms with van der Waals surface area (Å²) in [6.07, 6.45) is 0. The summed E-state index contributed by atoms with van der Waals surface area (Å²) < 4.78 is 14.9. The van der Waals surface area contributed by atoms with Crippen molar-refractivity contribution in [2.24, 2.45) is 0 Å². The van der Waals surface area contributed by atoms with Gasteiger partial charge in [-0.2, -0.15) is 0 Å². The molecule has 0 atom stereocenters. The highest BCUT2D eigenvalue weighted by atomic mass is 16.4. The number of fused-ring (bicyclic) bond motifs is 5. The second-order valence-electron chi connectivity index (χ2n) is 12.3. The second-order valence-corrected chi connectivity index (χ2v) is 12.3. The minimum absolute atomic E-state index is 0.532. The van der Waals surface area contributed by atoms with Crippen molar-refractivity contribution in [1.29, 1.82) is 0 Å². The maximum Gasteiger partial charge on any atom is 0.227 e. The molecule has 7 aromatic carbocycles. The van der Waals surface area contributed by atoms with Gasteiger partial charge in [0.15, 0.2) is 11.2 Å². The molecule has 6 heteroatoms. The minimum Gasteiger partial charge on any atom is -0.436 e. The molecular formula is C44H28N4O2. The Bertz CT molecular complexity index is 2780. The molecular weight excluding hydrogens is 617 g/mol. The van der Waals surface area contributed by atoms with Crippen LogP contribution in [0.1, 0.15) is 0 Å². The molecule has 0 unspecified atom stereocenters. The van der Waals surface area contributed by atoms with E-state index in [0.717, 1.165) is 61.3 Å². The maximum atomic E-state index is 6.31. The summed E-state index contributed by atoms with van der Waals surface area (Å²) in [5, 5.41) is 2.33. The van der Waals surface area contributed by atoms with E-state index in [0.29, 0.717) is 22.9 Å². The normalized spacial score (nSPS) is 11.6. The van der Waals surface area contributed by atoms with E-state index in [1.165, 1.54) is 5.39 Å². The minimum atomic E-state index is 0.532. The van der Waals surface area contributed by atoms with Gasteiger partial charge in [-0.3, -0.25) is 0 Å². The lowest BCUT2D eigenvalue weighted by Gasteiger charge is -2.25. The van der Waals surface area contributed by atoms with E-state index in [9.17, 15) is 0 Å². The van der Waals surface area contributed by atoms with Gasteiger partial charge in [-0.25, -0.2) is 9.97 Å². The molecule has 0 fully saturated rings. The van der Waals surface area contributed by atoms with Gasteiger partial charge in [0.2, 0.25) is 11.8 Å². The van der Waals surface area contributed by atoms with Crippen molar-refractivity contribution in [2.45, 2.75) is 0 Å². The highest BCUT2D eigenvalue weighted by Crippen LogP contribution is 2.38. The fourth-order valence-electron chi connectivity index (χ4n) is 6.92. The number of oxazole rings is 2.